The molecule has 2 aliphatic rings. The molecule has 1 saturated heterocycles. The van der Waals surface area contributed by atoms with E-state index in [1.54, 1.807) is 12.1 Å². The fourth-order valence-electron chi connectivity index (χ4n) is 4.06. The lowest BCUT2D eigenvalue weighted by Crippen LogP contribution is -2.60. The van der Waals surface area contributed by atoms with Gasteiger partial charge in [-0.25, -0.2) is 9.37 Å². The second-order valence-electron chi connectivity index (χ2n) is 9.12. The number of halogens is 4. The van der Waals surface area contributed by atoms with Crippen LogP contribution in [-0.4, -0.2) is 75.5 Å². The number of nitrogens with zero attached hydrogens (tertiary/aromatic N) is 5. The van der Waals surface area contributed by atoms with Gasteiger partial charge in [-0.1, -0.05) is 0 Å². The number of benzene rings is 1. The average molecular weight is 502 g/mol. The highest BCUT2D eigenvalue weighted by Gasteiger charge is 2.61. The third-order valence-corrected chi connectivity index (χ3v) is 6.47. The number of hydrogen-bond donors (Lipinski definition) is 5. The zero-order valence-corrected chi connectivity index (χ0v) is 19.2. The van der Waals surface area contributed by atoms with Crippen molar-refractivity contribution in [3.05, 3.63) is 35.8 Å². The summed E-state index contributed by atoms with van der Waals surface area (Å²) in [6.45, 7) is 2.89. The second kappa shape index (κ2) is 9.35. The van der Waals surface area contributed by atoms with Crippen LogP contribution >= 0.6 is 0 Å². The van der Waals surface area contributed by atoms with Crippen molar-refractivity contribution in [1.82, 2.24) is 14.9 Å². The fraction of sp³-hybridized carbons (Fsp3) is 0.524. The van der Waals surface area contributed by atoms with Gasteiger partial charge in [0.1, 0.15) is 17.2 Å². The second-order valence-corrected chi connectivity index (χ2v) is 9.12. The smallest absolute Gasteiger partial charge is 0.368 e. The molecule has 1 aromatic carbocycles. The van der Waals surface area contributed by atoms with Crippen LogP contribution in [-0.2, 0) is 6.18 Å². The number of anilines is 4. The lowest BCUT2D eigenvalue weighted by molar-refractivity contribution is -1.27. The summed E-state index contributed by atoms with van der Waals surface area (Å²) in [6, 6.07) is 4.47. The molecular weight excluding hydrogens is 472 g/mol. The van der Waals surface area contributed by atoms with Gasteiger partial charge in [0.25, 0.3) is 0 Å². The van der Waals surface area contributed by atoms with Gasteiger partial charge in [0.05, 0.1) is 12.2 Å². The number of likely N-dealkylation sites (N-methyl/N-ethyl adjacent to an activating group) is 1. The maximum Gasteiger partial charge on any atom is 0.421 e. The minimum Gasteiger partial charge on any atom is -0.368 e. The van der Waals surface area contributed by atoms with Crippen molar-refractivity contribution in [3.63, 3.8) is 0 Å². The van der Waals surface area contributed by atoms with Crippen molar-refractivity contribution < 1.29 is 32.9 Å². The van der Waals surface area contributed by atoms with Gasteiger partial charge < -0.3 is 20.4 Å². The Morgan fingerprint density at radius 2 is 1.91 bits per heavy atom. The molecule has 2 aromatic rings. The summed E-state index contributed by atoms with van der Waals surface area (Å²) in [5, 5.41) is 24.6. The highest BCUT2D eigenvalue weighted by molar-refractivity contribution is 5.61. The molecule has 2 fully saturated rings. The Labute approximate surface area is 199 Å². The summed E-state index contributed by atoms with van der Waals surface area (Å²) in [5.41, 5.74) is -1.64. The average Bonchev–Trinajstić information content (AvgIpc) is 3.57. The van der Waals surface area contributed by atoms with Gasteiger partial charge >= 0.3 is 6.18 Å². The number of nitrogens with two attached hydrogens (primary N) is 1. The van der Waals surface area contributed by atoms with Gasteiger partial charge in [-0.15, -0.1) is 5.84 Å². The first kappa shape index (κ1) is 25.3. The normalized spacial score (nSPS) is 18.8. The standard InChI is InChI=1S/C21H29F4N8O2/c1-31-7-2-8-32(10-9-31)17-4-3-14(11-16(17)22)29-19-27-12-15(21(23,24)25)18(30-19)28-13-20(5-6-20)33(26,34)35/h3-4,11-12,34-35H,2,5-10,13,26H2,1H3,(H2,27,28,29,30)/q+1. The van der Waals surface area contributed by atoms with Gasteiger partial charge in [-0.3, -0.25) is 0 Å². The van der Waals surface area contributed by atoms with Crippen LogP contribution in [0.1, 0.15) is 24.8 Å². The Balaban J connectivity index is 1.52. The van der Waals surface area contributed by atoms with Crippen LogP contribution in [0.4, 0.5) is 40.7 Å². The monoisotopic (exact) mass is 501 g/mol. The van der Waals surface area contributed by atoms with Crippen LogP contribution in [0.15, 0.2) is 24.4 Å². The van der Waals surface area contributed by atoms with Crippen molar-refractivity contribution in [2.45, 2.75) is 31.0 Å². The molecule has 1 saturated carbocycles. The summed E-state index contributed by atoms with van der Waals surface area (Å²) in [5.74, 6) is 4.08. The molecule has 0 radical (unpaired) electrons. The largest absolute Gasteiger partial charge is 0.421 e. The Morgan fingerprint density at radius 1 is 1.17 bits per heavy atom. The van der Waals surface area contributed by atoms with Gasteiger partial charge in [0.15, 0.2) is 5.54 Å². The first-order valence-electron chi connectivity index (χ1n) is 11.2. The molecule has 0 unspecified atom stereocenters. The molecule has 6 N–H and O–H groups in total. The molecule has 0 amide bonds. The predicted octanol–water partition coefficient (Wildman–Crippen LogP) is 2.93. The number of nitrogens with one attached hydrogen (secondary N) is 2. The maximum atomic E-state index is 14.9. The predicted molar refractivity (Wildman–Crippen MR) is 120 cm³/mol. The van der Waals surface area contributed by atoms with Gasteiger partial charge in [0, 0.05) is 49.3 Å². The summed E-state index contributed by atoms with van der Waals surface area (Å²) in [6.07, 6.45) is -2.62. The van der Waals surface area contributed by atoms with E-state index in [2.05, 4.69) is 25.5 Å². The topological polar surface area (TPSA) is 123 Å². The van der Waals surface area contributed by atoms with Crippen LogP contribution in [0, 0.1) is 5.82 Å². The summed E-state index contributed by atoms with van der Waals surface area (Å²) >= 11 is 0. The zero-order chi connectivity index (χ0) is 25.4. The molecule has 1 aliphatic heterocycles. The Kier molecular flexibility index (Phi) is 6.76. The van der Waals surface area contributed by atoms with Crippen LogP contribution in [0.2, 0.25) is 0 Å². The maximum absolute atomic E-state index is 14.9. The summed E-state index contributed by atoms with van der Waals surface area (Å²) in [7, 11) is 2.02. The van der Waals surface area contributed by atoms with Crippen LogP contribution in [0.25, 0.3) is 0 Å². The minimum atomic E-state index is -4.75. The van der Waals surface area contributed by atoms with E-state index in [9.17, 15) is 28.0 Å². The molecule has 2 heterocycles. The highest BCUT2D eigenvalue weighted by Crippen LogP contribution is 2.43. The lowest BCUT2D eigenvalue weighted by atomic mass is 10.2. The van der Waals surface area contributed by atoms with Crippen molar-refractivity contribution in [3.8, 4) is 0 Å². The third-order valence-electron chi connectivity index (χ3n) is 6.47. The van der Waals surface area contributed by atoms with E-state index in [-0.39, 0.29) is 18.2 Å². The highest BCUT2D eigenvalue weighted by atomic mass is 19.4. The van der Waals surface area contributed by atoms with E-state index < -0.39 is 33.8 Å². The van der Waals surface area contributed by atoms with Crippen molar-refractivity contribution in [1.29, 1.82) is 0 Å². The van der Waals surface area contributed by atoms with E-state index in [4.69, 9.17) is 5.84 Å². The summed E-state index contributed by atoms with van der Waals surface area (Å²) in [4.78, 5) is 9.93. The van der Waals surface area contributed by atoms with Crippen molar-refractivity contribution in [2.24, 2.45) is 5.84 Å². The SMILES string of the molecule is CN1CCCN(c2ccc(Nc3ncc(C(F)(F)F)c(NCC4([N+](N)(O)O)CC4)n3)cc2F)CC1. The number of alkyl halides is 3. The minimum absolute atomic E-state index is 0.185. The van der Waals surface area contributed by atoms with E-state index in [1.807, 2.05) is 11.9 Å². The van der Waals surface area contributed by atoms with Crippen molar-refractivity contribution in [2.75, 3.05) is 55.3 Å². The quantitative estimate of drug-likeness (QED) is 0.169. The molecule has 10 nitrogen and oxygen atoms in total. The first-order valence-corrected chi connectivity index (χ1v) is 11.2. The number of hydroxylamine groups is 2. The molecule has 192 valence electrons. The van der Waals surface area contributed by atoms with Crippen LogP contribution in [0.3, 0.4) is 0 Å². The van der Waals surface area contributed by atoms with E-state index in [1.165, 1.54) is 6.07 Å². The van der Waals surface area contributed by atoms with Gasteiger partial charge in [-0.05, 0) is 38.2 Å². The van der Waals surface area contributed by atoms with E-state index >= 15 is 0 Å². The molecule has 14 heteroatoms. The zero-order valence-electron chi connectivity index (χ0n) is 19.2. The molecule has 1 aliphatic carbocycles. The number of hydrogen-bond acceptors (Lipinski definition) is 9. The fourth-order valence-corrected chi connectivity index (χ4v) is 4.06. The van der Waals surface area contributed by atoms with E-state index in [0.29, 0.717) is 31.3 Å². The molecule has 35 heavy (non-hydrogen) atoms. The summed E-state index contributed by atoms with van der Waals surface area (Å²) < 4.78 is 55.3. The first-order chi connectivity index (χ1) is 16.4. The number of quaternary nitrogens is 1. The number of aromatic nitrogens is 2. The third kappa shape index (κ3) is 5.73. The van der Waals surface area contributed by atoms with Crippen LogP contribution in [0.5, 0.6) is 0 Å². The molecule has 0 atom stereocenters. The molecule has 0 bridgehead atoms. The van der Waals surface area contributed by atoms with Gasteiger partial charge in [0.2, 0.25) is 5.95 Å². The molecule has 1 aromatic heterocycles. The molecule has 0 spiro atoms. The Bertz CT molecular complexity index is 1060. The Hall–Kier alpha value is -2.78. The van der Waals surface area contributed by atoms with Gasteiger partial charge in [-0.2, -0.15) is 28.6 Å². The number of rotatable bonds is 7. The molecule has 4 rings (SSSR count). The molecular formula is C21H29F4N8O2+. The van der Waals surface area contributed by atoms with Crippen LogP contribution < -0.4 is 21.4 Å². The van der Waals surface area contributed by atoms with E-state index in [0.717, 1.165) is 26.1 Å². The lowest BCUT2D eigenvalue weighted by Gasteiger charge is -2.25. The van der Waals surface area contributed by atoms with Crippen molar-refractivity contribution >= 4 is 23.1 Å². The Morgan fingerprint density at radius 3 is 2.54 bits per heavy atom.